The van der Waals surface area contributed by atoms with Gasteiger partial charge in [0.15, 0.2) is 0 Å². The number of nitro benzene ring substituents is 2. The lowest BCUT2D eigenvalue weighted by molar-refractivity contribution is -0.387. The number of benzene rings is 2. The summed E-state index contributed by atoms with van der Waals surface area (Å²) >= 11 is 8.80. The fourth-order valence-electron chi connectivity index (χ4n) is 1.56. The van der Waals surface area contributed by atoms with Gasteiger partial charge in [0.2, 0.25) is 11.5 Å². The molecule has 7 nitrogen and oxygen atoms in total. The van der Waals surface area contributed by atoms with E-state index in [2.05, 4.69) is 15.9 Å². The van der Waals surface area contributed by atoms with E-state index in [1.54, 1.807) is 0 Å². The van der Waals surface area contributed by atoms with Gasteiger partial charge in [0.25, 0.3) is 0 Å². The van der Waals surface area contributed by atoms with E-state index in [4.69, 9.17) is 16.3 Å². The molecular weight excluding hydrogens is 367 g/mol. The lowest BCUT2D eigenvalue weighted by Crippen LogP contribution is -1.96. The fraction of sp³-hybridized carbons (Fsp3) is 0. The predicted molar refractivity (Wildman–Crippen MR) is 79.0 cm³/mol. The highest BCUT2D eigenvalue weighted by molar-refractivity contribution is 9.10. The average molecular weight is 374 g/mol. The zero-order valence-electron chi connectivity index (χ0n) is 10.2. The van der Waals surface area contributed by atoms with Gasteiger partial charge in [-0.3, -0.25) is 20.2 Å². The van der Waals surface area contributed by atoms with E-state index in [-0.39, 0.29) is 27.9 Å². The molecule has 108 valence electrons. The molecule has 0 atom stereocenters. The molecule has 2 aromatic rings. The Morgan fingerprint density at radius 1 is 0.952 bits per heavy atom. The molecule has 0 saturated heterocycles. The van der Waals surface area contributed by atoms with Gasteiger partial charge in [-0.25, -0.2) is 0 Å². The molecule has 0 bridgehead atoms. The van der Waals surface area contributed by atoms with E-state index < -0.39 is 9.85 Å². The smallest absolute Gasteiger partial charge is 0.313 e. The maximum absolute atomic E-state index is 11.0. The maximum Gasteiger partial charge on any atom is 0.313 e. The Labute approximate surface area is 131 Å². The van der Waals surface area contributed by atoms with Gasteiger partial charge in [0.1, 0.15) is 0 Å². The zero-order chi connectivity index (χ0) is 15.6. The van der Waals surface area contributed by atoms with Gasteiger partial charge in [-0.2, -0.15) is 0 Å². The summed E-state index contributed by atoms with van der Waals surface area (Å²) < 4.78 is 5.80. The third kappa shape index (κ3) is 3.47. The molecule has 0 saturated carbocycles. The first-order valence-electron chi connectivity index (χ1n) is 5.44. The molecule has 0 N–H and O–H groups in total. The minimum Gasteiger partial charge on any atom is -0.443 e. The van der Waals surface area contributed by atoms with Crippen LogP contribution in [-0.2, 0) is 0 Å². The first-order chi connectivity index (χ1) is 9.88. The molecule has 0 spiro atoms. The molecule has 9 heteroatoms. The number of hydrogen-bond acceptors (Lipinski definition) is 5. The van der Waals surface area contributed by atoms with Crippen molar-refractivity contribution in [3.05, 3.63) is 66.1 Å². The van der Waals surface area contributed by atoms with Crippen LogP contribution in [0.3, 0.4) is 0 Å². The predicted octanol–water partition coefficient (Wildman–Crippen LogP) is 4.71. The van der Waals surface area contributed by atoms with E-state index in [9.17, 15) is 20.2 Å². The van der Waals surface area contributed by atoms with Crippen LogP contribution in [0.1, 0.15) is 0 Å². The second kappa shape index (κ2) is 6.06. The third-order valence-corrected chi connectivity index (χ3v) is 3.18. The molecule has 2 aromatic carbocycles. The van der Waals surface area contributed by atoms with Gasteiger partial charge in [-0.15, -0.1) is 0 Å². The van der Waals surface area contributed by atoms with Gasteiger partial charge < -0.3 is 4.74 Å². The lowest BCUT2D eigenvalue weighted by Gasteiger charge is -2.07. The maximum atomic E-state index is 11.0. The summed E-state index contributed by atoms with van der Waals surface area (Å²) in [4.78, 5) is 20.6. The molecular formula is C12H6BrClN2O5. The van der Waals surface area contributed by atoms with E-state index in [0.29, 0.717) is 4.47 Å². The van der Waals surface area contributed by atoms with Gasteiger partial charge in [0.05, 0.1) is 9.85 Å². The number of nitrogens with zero attached hydrogens (tertiary/aromatic N) is 2. The Morgan fingerprint density at radius 3 is 2.05 bits per heavy atom. The van der Waals surface area contributed by atoms with Crippen LogP contribution in [0.25, 0.3) is 0 Å². The van der Waals surface area contributed by atoms with Crippen LogP contribution in [0.15, 0.2) is 40.9 Å². The Bertz CT molecular complexity index is 676. The normalized spacial score (nSPS) is 10.2. The van der Waals surface area contributed by atoms with Crippen molar-refractivity contribution in [3.63, 3.8) is 0 Å². The van der Waals surface area contributed by atoms with Gasteiger partial charge in [0, 0.05) is 21.6 Å². The lowest BCUT2D eigenvalue weighted by atomic mass is 10.2. The van der Waals surface area contributed by atoms with Crippen molar-refractivity contribution in [2.24, 2.45) is 0 Å². The summed E-state index contributed by atoms with van der Waals surface area (Å²) in [5.41, 5.74) is -0.687. The molecule has 0 radical (unpaired) electrons. The first kappa shape index (κ1) is 15.2. The van der Waals surface area contributed by atoms with Crippen LogP contribution >= 0.6 is 27.5 Å². The van der Waals surface area contributed by atoms with Crippen molar-refractivity contribution in [3.8, 4) is 11.5 Å². The van der Waals surface area contributed by atoms with Crippen LogP contribution in [0.4, 0.5) is 11.4 Å². The van der Waals surface area contributed by atoms with Crippen molar-refractivity contribution >= 4 is 38.9 Å². The standard InChI is InChI=1S/C12H6BrClN2O5/c13-7-1-3-11(9(5-7)15(17)18)21-12-4-2-8(14)6-10(12)16(19)20/h1-6H. The largest absolute Gasteiger partial charge is 0.443 e. The fourth-order valence-corrected chi connectivity index (χ4v) is 2.07. The van der Waals surface area contributed by atoms with Crippen LogP contribution in [0, 0.1) is 20.2 Å². The Morgan fingerprint density at radius 2 is 1.48 bits per heavy atom. The van der Waals surface area contributed by atoms with Crippen molar-refractivity contribution in [2.45, 2.75) is 0 Å². The Kier molecular flexibility index (Phi) is 4.39. The van der Waals surface area contributed by atoms with E-state index in [0.717, 1.165) is 6.07 Å². The van der Waals surface area contributed by atoms with E-state index in [1.807, 2.05) is 0 Å². The summed E-state index contributed by atoms with van der Waals surface area (Å²) in [7, 11) is 0. The molecule has 2 rings (SSSR count). The minimum atomic E-state index is -0.675. The van der Waals surface area contributed by atoms with Crippen LogP contribution in [0.5, 0.6) is 11.5 Å². The zero-order valence-corrected chi connectivity index (χ0v) is 12.5. The Hall–Kier alpha value is -2.19. The monoisotopic (exact) mass is 372 g/mol. The van der Waals surface area contributed by atoms with Gasteiger partial charge in [-0.05, 0) is 24.3 Å². The van der Waals surface area contributed by atoms with Gasteiger partial charge >= 0.3 is 11.4 Å². The number of nitro groups is 2. The molecule has 0 aliphatic carbocycles. The Balaban J connectivity index is 2.48. The van der Waals surface area contributed by atoms with Crippen molar-refractivity contribution in [2.75, 3.05) is 0 Å². The molecule has 21 heavy (non-hydrogen) atoms. The summed E-state index contributed by atoms with van der Waals surface area (Å²) in [5.74, 6) is -0.233. The molecule has 0 amide bonds. The molecule has 0 aromatic heterocycles. The first-order valence-corrected chi connectivity index (χ1v) is 6.61. The van der Waals surface area contributed by atoms with Crippen molar-refractivity contribution in [1.29, 1.82) is 0 Å². The molecule has 0 aliphatic heterocycles. The van der Waals surface area contributed by atoms with E-state index in [1.165, 1.54) is 30.3 Å². The summed E-state index contributed by atoms with van der Waals surface area (Å²) in [6.45, 7) is 0. The quantitative estimate of drug-likeness (QED) is 0.571. The highest BCUT2D eigenvalue weighted by atomic mass is 79.9. The number of halogens is 2. The van der Waals surface area contributed by atoms with Crippen LogP contribution in [0.2, 0.25) is 5.02 Å². The second-order valence-corrected chi connectivity index (χ2v) is 5.19. The van der Waals surface area contributed by atoms with Crippen molar-refractivity contribution < 1.29 is 14.6 Å². The van der Waals surface area contributed by atoms with Crippen LogP contribution in [-0.4, -0.2) is 9.85 Å². The topological polar surface area (TPSA) is 95.5 Å². The van der Waals surface area contributed by atoms with Crippen molar-refractivity contribution in [1.82, 2.24) is 0 Å². The highest BCUT2D eigenvalue weighted by Gasteiger charge is 2.21. The molecule has 0 aliphatic rings. The minimum absolute atomic E-state index is 0.103. The summed E-state index contributed by atoms with van der Waals surface area (Å²) in [5, 5.41) is 22.1. The van der Waals surface area contributed by atoms with Gasteiger partial charge in [-0.1, -0.05) is 27.5 Å². The number of rotatable bonds is 4. The molecule has 0 fully saturated rings. The molecule has 0 unspecified atom stereocenters. The van der Waals surface area contributed by atoms with E-state index >= 15 is 0 Å². The average Bonchev–Trinajstić information content (AvgIpc) is 2.42. The summed E-state index contributed by atoms with van der Waals surface area (Å²) in [6, 6.07) is 7.92. The molecule has 0 heterocycles. The third-order valence-electron chi connectivity index (χ3n) is 2.46. The van der Waals surface area contributed by atoms with Crippen LogP contribution < -0.4 is 4.74 Å². The number of ether oxygens (including phenoxy) is 1. The second-order valence-electron chi connectivity index (χ2n) is 3.84. The highest BCUT2D eigenvalue weighted by Crippen LogP contribution is 2.38. The SMILES string of the molecule is O=[N+]([O-])c1cc(Cl)ccc1Oc1ccc(Br)cc1[N+](=O)[O-]. The number of hydrogen-bond donors (Lipinski definition) is 0. The summed E-state index contributed by atoms with van der Waals surface area (Å²) in [6.07, 6.45) is 0.